The minimum atomic E-state index is -1.09. The molecule has 4 rings (SSSR count). The first kappa shape index (κ1) is 15.6. The summed E-state index contributed by atoms with van der Waals surface area (Å²) in [5.74, 6) is -2.50. The van der Waals surface area contributed by atoms with Crippen molar-refractivity contribution < 1.29 is 32.8 Å². The van der Waals surface area contributed by atoms with E-state index in [-0.39, 0.29) is 22.3 Å². The van der Waals surface area contributed by atoms with Gasteiger partial charge in [0.15, 0.2) is 19.5 Å². The van der Waals surface area contributed by atoms with Gasteiger partial charge >= 0.3 is 23.9 Å². The van der Waals surface area contributed by atoms with Gasteiger partial charge in [-0.25, -0.2) is 19.2 Å². The van der Waals surface area contributed by atoms with E-state index in [1.807, 2.05) is 0 Å². The predicted molar refractivity (Wildman–Crippen MR) is 89.8 cm³/mol. The summed E-state index contributed by atoms with van der Waals surface area (Å²) in [4.78, 5) is 45.9. The minimum absolute atomic E-state index is 0.277. The lowest BCUT2D eigenvalue weighted by atomic mass is 10.1. The first-order valence-corrected chi connectivity index (χ1v) is 9.96. The van der Waals surface area contributed by atoms with Crippen LogP contribution in [0.2, 0.25) is 0 Å². The van der Waals surface area contributed by atoms with Crippen molar-refractivity contribution in [2.45, 2.75) is 0 Å². The molecule has 25 heavy (non-hydrogen) atoms. The topological polar surface area (TPSA) is 96.0 Å². The zero-order valence-corrected chi connectivity index (χ0v) is 15.6. The van der Waals surface area contributed by atoms with Crippen LogP contribution in [0.25, 0.3) is 0 Å². The second-order valence-corrected chi connectivity index (χ2v) is 9.45. The van der Waals surface area contributed by atoms with Gasteiger partial charge in [-0.1, -0.05) is 12.1 Å². The molecule has 0 aliphatic carbocycles. The van der Waals surface area contributed by atoms with Crippen molar-refractivity contribution in [2.24, 2.45) is 0 Å². The molecule has 0 aromatic heterocycles. The SMILES string of the molecule is O=C1OC(=O)c2cc([SiH2]O[SiH2]c3ccc4c(c3)C(=O)OC4=O)ccc21. The lowest BCUT2D eigenvalue weighted by Gasteiger charge is -2.05. The van der Waals surface area contributed by atoms with Gasteiger partial charge in [0, 0.05) is 0 Å². The van der Waals surface area contributed by atoms with Crippen molar-refractivity contribution in [3.05, 3.63) is 58.7 Å². The molecule has 0 unspecified atom stereocenters. The molecular weight excluding hydrogens is 360 g/mol. The summed E-state index contributed by atoms with van der Waals surface area (Å²) in [6.45, 7) is 0. The average molecular weight is 370 g/mol. The molecule has 0 amide bonds. The monoisotopic (exact) mass is 370 g/mol. The molecule has 2 aliphatic rings. The maximum atomic E-state index is 11.6. The van der Waals surface area contributed by atoms with Gasteiger partial charge < -0.3 is 13.6 Å². The molecule has 0 spiro atoms. The number of fused-ring (bicyclic) bond motifs is 2. The maximum Gasteiger partial charge on any atom is 0.346 e. The Morgan fingerprint density at radius 2 is 1.00 bits per heavy atom. The van der Waals surface area contributed by atoms with E-state index in [1.54, 1.807) is 36.4 Å². The molecule has 0 bridgehead atoms. The lowest BCUT2D eigenvalue weighted by molar-refractivity contribution is 0.0425. The van der Waals surface area contributed by atoms with Crippen LogP contribution < -0.4 is 10.4 Å². The van der Waals surface area contributed by atoms with Crippen molar-refractivity contribution in [1.29, 1.82) is 0 Å². The average Bonchev–Trinajstić information content (AvgIpc) is 3.04. The van der Waals surface area contributed by atoms with Crippen LogP contribution in [0.1, 0.15) is 41.4 Å². The summed E-state index contributed by atoms with van der Waals surface area (Å²) in [6.07, 6.45) is 0. The van der Waals surface area contributed by atoms with Gasteiger partial charge in [-0.2, -0.15) is 0 Å². The summed E-state index contributed by atoms with van der Waals surface area (Å²) in [6, 6.07) is 9.96. The van der Waals surface area contributed by atoms with Crippen LogP contribution in [0.5, 0.6) is 0 Å². The number of carbonyl (C=O) groups excluding carboxylic acids is 4. The standard InChI is InChI=1S/C16H10O7Si2/c17-13-9-3-1-7(5-11(9)15(19)21-13)24-23-25-8-2-4-10-12(6-8)16(20)22-14(10)18/h1-6H,24-25H2. The highest BCUT2D eigenvalue weighted by atomic mass is 28.3. The molecule has 9 heteroatoms. The van der Waals surface area contributed by atoms with Crippen LogP contribution in [0.3, 0.4) is 0 Å². The summed E-state index contributed by atoms with van der Waals surface area (Å²) in [5, 5.41) is 1.77. The van der Waals surface area contributed by atoms with Gasteiger partial charge in [0.1, 0.15) is 0 Å². The van der Waals surface area contributed by atoms with Crippen LogP contribution in [0.4, 0.5) is 0 Å². The van der Waals surface area contributed by atoms with Crippen molar-refractivity contribution >= 4 is 53.8 Å². The van der Waals surface area contributed by atoms with Crippen LogP contribution >= 0.6 is 0 Å². The molecule has 2 aromatic carbocycles. The van der Waals surface area contributed by atoms with Crippen molar-refractivity contribution in [2.75, 3.05) is 0 Å². The molecule has 0 atom stereocenters. The number of rotatable bonds is 4. The third-order valence-electron chi connectivity index (χ3n) is 3.96. The Morgan fingerprint density at radius 3 is 1.44 bits per heavy atom. The third kappa shape index (κ3) is 2.73. The largest absolute Gasteiger partial charge is 0.458 e. The van der Waals surface area contributed by atoms with Crippen LogP contribution in [0, 0.1) is 0 Å². The van der Waals surface area contributed by atoms with E-state index >= 15 is 0 Å². The van der Waals surface area contributed by atoms with Gasteiger partial charge in [-0.05, 0) is 34.6 Å². The number of esters is 4. The quantitative estimate of drug-likeness (QED) is 0.365. The smallest absolute Gasteiger partial charge is 0.346 e. The highest BCUT2D eigenvalue weighted by Crippen LogP contribution is 2.19. The van der Waals surface area contributed by atoms with Gasteiger partial charge in [-0.15, -0.1) is 0 Å². The zero-order chi connectivity index (χ0) is 17.6. The van der Waals surface area contributed by atoms with Crippen LogP contribution in [-0.2, 0) is 13.6 Å². The van der Waals surface area contributed by atoms with E-state index in [1.165, 1.54) is 0 Å². The Balaban J connectivity index is 1.44. The highest BCUT2D eigenvalue weighted by Gasteiger charge is 2.30. The molecule has 2 aromatic rings. The van der Waals surface area contributed by atoms with Gasteiger partial charge in [-0.3, -0.25) is 0 Å². The van der Waals surface area contributed by atoms with Crippen LogP contribution in [0.15, 0.2) is 36.4 Å². The minimum Gasteiger partial charge on any atom is -0.458 e. The molecule has 2 heterocycles. The zero-order valence-electron chi connectivity index (χ0n) is 12.7. The Morgan fingerprint density at radius 1 is 0.600 bits per heavy atom. The molecule has 0 fully saturated rings. The van der Waals surface area contributed by atoms with Gasteiger partial charge in [0.2, 0.25) is 0 Å². The normalized spacial score (nSPS) is 16.0. The Kier molecular flexibility index (Phi) is 3.68. The molecule has 124 valence electrons. The summed E-state index contributed by atoms with van der Waals surface area (Å²) in [7, 11) is -2.18. The molecule has 7 nitrogen and oxygen atoms in total. The molecule has 0 N–H and O–H groups in total. The number of hydrogen-bond acceptors (Lipinski definition) is 7. The van der Waals surface area contributed by atoms with E-state index < -0.39 is 43.4 Å². The molecule has 0 radical (unpaired) electrons. The number of benzene rings is 2. The van der Waals surface area contributed by atoms with E-state index in [0.717, 1.165) is 10.4 Å². The first-order valence-electron chi connectivity index (χ1n) is 7.39. The summed E-state index contributed by atoms with van der Waals surface area (Å²) in [5.41, 5.74) is 1.11. The van der Waals surface area contributed by atoms with Gasteiger partial charge in [0.25, 0.3) is 0 Å². The Hall–Kier alpha value is -2.89. The van der Waals surface area contributed by atoms with E-state index in [2.05, 4.69) is 9.47 Å². The molecular formula is C16H10O7Si2. The highest BCUT2D eigenvalue weighted by molar-refractivity contribution is 6.60. The van der Waals surface area contributed by atoms with E-state index in [4.69, 9.17) is 4.12 Å². The summed E-state index contributed by atoms with van der Waals surface area (Å²) < 4.78 is 15.0. The lowest BCUT2D eigenvalue weighted by Crippen LogP contribution is -2.26. The second kappa shape index (κ2) is 5.88. The fourth-order valence-electron chi connectivity index (χ4n) is 2.73. The number of carbonyl (C=O) groups is 4. The fraction of sp³-hybridized carbons (Fsp3) is 0. The fourth-order valence-corrected chi connectivity index (χ4v) is 6.03. The van der Waals surface area contributed by atoms with Crippen LogP contribution in [-0.4, -0.2) is 43.4 Å². The molecule has 0 saturated heterocycles. The second-order valence-electron chi connectivity index (χ2n) is 5.61. The number of ether oxygens (including phenoxy) is 2. The maximum absolute atomic E-state index is 11.6. The van der Waals surface area contributed by atoms with E-state index in [0.29, 0.717) is 0 Å². The predicted octanol–water partition coefficient (Wildman–Crippen LogP) is -1.56. The Labute approximate surface area is 145 Å². The van der Waals surface area contributed by atoms with E-state index in [9.17, 15) is 19.2 Å². The first-order chi connectivity index (χ1) is 12.0. The third-order valence-corrected chi connectivity index (χ3v) is 7.14. The molecule has 2 aliphatic heterocycles. The van der Waals surface area contributed by atoms with Crippen molar-refractivity contribution in [3.63, 3.8) is 0 Å². The summed E-state index contributed by atoms with van der Waals surface area (Å²) >= 11 is 0. The molecule has 0 saturated carbocycles. The number of cyclic esters (lactones) is 4. The van der Waals surface area contributed by atoms with Gasteiger partial charge in [0.05, 0.1) is 22.3 Å². The van der Waals surface area contributed by atoms with Crippen molar-refractivity contribution in [3.8, 4) is 0 Å². The van der Waals surface area contributed by atoms with Crippen molar-refractivity contribution in [1.82, 2.24) is 0 Å². The Bertz CT molecular complexity index is 889. The number of hydrogen-bond donors (Lipinski definition) is 0.